The highest BCUT2D eigenvalue weighted by molar-refractivity contribution is 6.05. The molecule has 3 aromatic rings. The third-order valence-electron chi connectivity index (χ3n) is 7.46. The smallest absolute Gasteiger partial charge is 0.255 e. The maximum absolute atomic E-state index is 13.0. The second-order valence-electron chi connectivity index (χ2n) is 9.88. The van der Waals surface area contributed by atoms with Gasteiger partial charge in [-0.2, -0.15) is 0 Å². The number of piperidine rings is 2. The number of amides is 4. The Kier molecular flexibility index (Phi) is 5.62. The summed E-state index contributed by atoms with van der Waals surface area (Å²) >= 11 is 0. The number of hydrogen-bond acceptors (Lipinski definition) is 5. The summed E-state index contributed by atoms with van der Waals surface area (Å²) in [6.45, 7) is 1.08. The molecular formula is C28H27N5O4. The topological polar surface area (TPSA) is 105 Å². The van der Waals surface area contributed by atoms with E-state index in [9.17, 15) is 19.2 Å². The Morgan fingerprint density at radius 3 is 2.49 bits per heavy atom. The molecule has 1 unspecified atom stereocenters. The number of imide groups is 1. The molecule has 0 radical (unpaired) electrons. The summed E-state index contributed by atoms with van der Waals surface area (Å²) < 4.78 is 1.96. The quantitative estimate of drug-likeness (QED) is 0.558. The third-order valence-corrected chi connectivity index (χ3v) is 7.46. The Labute approximate surface area is 214 Å². The second-order valence-corrected chi connectivity index (χ2v) is 9.88. The molecule has 37 heavy (non-hydrogen) atoms. The van der Waals surface area contributed by atoms with Crippen LogP contribution < -0.4 is 10.2 Å². The van der Waals surface area contributed by atoms with Crippen LogP contribution in [0.25, 0.3) is 22.6 Å². The highest BCUT2D eigenvalue weighted by atomic mass is 16.2. The number of imidazole rings is 1. The molecule has 4 heterocycles. The monoisotopic (exact) mass is 497 g/mol. The molecule has 0 bridgehead atoms. The van der Waals surface area contributed by atoms with Gasteiger partial charge in [0.15, 0.2) is 0 Å². The van der Waals surface area contributed by atoms with Gasteiger partial charge in [0.2, 0.25) is 17.7 Å². The summed E-state index contributed by atoms with van der Waals surface area (Å²) in [6.07, 6.45) is 5.10. The molecule has 2 saturated heterocycles. The molecule has 9 heteroatoms. The summed E-state index contributed by atoms with van der Waals surface area (Å²) in [4.78, 5) is 57.3. The standard InChI is InChI=1S/C28H27N5O4/c1-31-16-22(29-26(31)17-5-8-20(9-6-17)32-13-3-2-4-25(32)35)18-7-10-21-19(14-18)15-33(28(21)37)23-11-12-24(34)30-27(23)36/h5-10,14,16,23H,2-4,11-13,15H2,1H3,(H,30,34,36). The highest BCUT2D eigenvalue weighted by Gasteiger charge is 2.39. The van der Waals surface area contributed by atoms with E-state index in [4.69, 9.17) is 4.98 Å². The summed E-state index contributed by atoms with van der Waals surface area (Å²) in [7, 11) is 1.94. The molecule has 6 rings (SSSR count). The van der Waals surface area contributed by atoms with Gasteiger partial charge in [-0.3, -0.25) is 24.5 Å². The minimum absolute atomic E-state index is 0.171. The lowest BCUT2D eigenvalue weighted by Crippen LogP contribution is -2.52. The number of aryl methyl sites for hydroxylation is 1. The van der Waals surface area contributed by atoms with Crippen molar-refractivity contribution in [1.29, 1.82) is 0 Å². The minimum Gasteiger partial charge on any atom is -0.333 e. The third kappa shape index (κ3) is 4.10. The molecule has 0 aliphatic carbocycles. The first-order valence-electron chi connectivity index (χ1n) is 12.6. The van der Waals surface area contributed by atoms with E-state index in [1.807, 2.05) is 59.1 Å². The van der Waals surface area contributed by atoms with Crippen LogP contribution in [0.1, 0.15) is 48.0 Å². The lowest BCUT2D eigenvalue weighted by atomic mass is 10.0. The summed E-state index contributed by atoms with van der Waals surface area (Å²) in [5.74, 6) is 0.0683. The van der Waals surface area contributed by atoms with Crippen molar-refractivity contribution in [3.05, 3.63) is 59.8 Å². The van der Waals surface area contributed by atoms with E-state index in [0.717, 1.165) is 53.3 Å². The first kappa shape index (κ1) is 23.1. The molecular weight excluding hydrogens is 470 g/mol. The van der Waals surface area contributed by atoms with Gasteiger partial charge in [-0.05, 0) is 61.2 Å². The summed E-state index contributed by atoms with van der Waals surface area (Å²) in [5, 5.41) is 2.34. The molecule has 1 N–H and O–H groups in total. The van der Waals surface area contributed by atoms with Crippen molar-refractivity contribution < 1.29 is 19.2 Å². The van der Waals surface area contributed by atoms with E-state index in [-0.39, 0.29) is 24.1 Å². The van der Waals surface area contributed by atoms with Crippen molar-refractivity contribution in [2.45, 2.75) is 44.7 Å². The Morgan fingerprint density at radius 1 is 0.946 bits per heavy atom. The van der Waals surface area contributed by atoms with Crippen molar-refractivity contribution in [2.24, 2.45) is 7.05 Å². The number of carbonyl (C=O) groups excluding carboxylic acids is 4. The first-order valence-corrected chi connectivity index (χ1v) is 12.6. The molecule has 1 aromatic heterocycles. The van der Waals surface area contributed by atoms with Crippen LogP contribution in [0.2, 0.25) is 0 Å². The SMILES string of the molecule is Cn1cc(-c2ccc3c(c2)CN(C2CCC(=O)NC2=O)C3=O)nc1-c1ccc(N2CCCCC2=O)cc1. The van der Waals surface area contributed by atoms with Gasteiger partial charge in [-0.25, -0.2) is 4.98 Å². The highest BCUT2D eigenvalue weighted by Crippen LogP contribution is 2.32. The van der Waals surface area contributed by atoms with Gasteiger partial charge in [0.05, 0.1) is 5.69 Å². The first-order chi connectivity index (χ1) is 17.9. The van der Waals surface area contributed by atoms with Crippen molar-refractivity contribution in [1.82, 2.24) is 19.8 Å². The Morgan fingerprint density at radius 2 is 1.73 bits per heavy atom. The van der Waals surface area contributed by atoms with E-state index in [2.05, 4.69) is 5.32 Å². The number of fused-ring (bicyclic) bond motifs is 1. The lowest BCUT2D eigenvalue weighted by Gasteiger charge is -2.29. The zero-order valence-electron chi connectivity index (χ0n) is 20.6. The van der Waals surface area contributed by atoms with E-state index >= 15 is 0 Å². The molecule has 9 nitrogen and oxygen atoms in total. The number of rotatable bonds is 4. The van der Waals surface area contributed by atoms with E-state index < -0.39 is 11.9 Å². The molecule has 3 aliphatic heterocycles. The number of anilines is 1. The van der Waals surface area contributed by atoms with Crippen molar-refractivity contribution in [2.75, 3.05) is 11.4 Å². The zero-order valence-corrected chi connectivity index (χ0v) is 20.6. The van der Waals surface area contributed by atoms with Gasteiger partial charge in [0.25, 0.3) is 5.91 Å². The Bertz CT molecular complexity index is 1440. The summed E-state index contributed by atoms with van der Waals surface area (Å²) in [5.41, 5.74) is 4.94. The van der Waals surface area contributed by atoms with Gasteiger partial charge in [-0.15, -0.1) is 0 Å². The number of nitrogens with one attached hydrogen (secondary N) is 1. The zero-order chi connectivity index (χ0) is 25.7. The van der Waals surface area contributed by atoms with Crippen LogP contribution in [0.5, 0.6) is 0 Å². The molecule has 3 aliphatic rings. The summed E-state index contributed by atoms with van der Waals surface area (Å²) in [6, 6.07) is 12.9. The van der Waals surface area contributed by atoms with E-state index in [0.29, 0.717) is 24.9 Å². The number of hydrogen-bond donors (Lipinski definition) is 1. The van der Waals surface area contributed by atoms with Gasteiger partial charge < -0.3 is 14.4 Å². The molecule has 188 valence electrons. The molecule has 0 saturated carbocycles. The number of benzene rings is 2. The fraction of sp³-hybridized carbons (Fsp3) is 0.321. The van der Waals surface area contributed by atoms with Crippen LogP contribution in [-0.4, -0.2) is 50.7 Å². The van der Waals surface area contributed by atoms with Gasteiger partial charge >= 0.3 is 0 Å². The van der Waals surface area contributed by atoms with Crippen molar-refractivity contribution >= 4 is 29.3 Å². The van der Waals surface area contributed by atoms with Crippen LogP contribution in [0.4, 0.5) is 5.69 Å². The van der Waals surface area contributed by atoms with Gasteiger partial charge in [-0.1, -0.05) is 6.07 Å². The molecule has 2 fully saturated rings. The van der Waals surface area contributed by atoms with Crippen LogP contribution >= 0.6 is 0 Å². The van der Waals surface area contributed by atoms with Gasteiger partial charge in [0.1, 0.15) is 11.9 Å². The van der Waals surface area contributed by atoms with Gasteiger partial charge in [0, 0.05) is 61.6 Å². The number of nitrogens with zero attached hydrogens (tertiary/aromatic N) is 4. The average molecular weight is 498 g/mol. The molecule has 2 aromatic carbocycles. The lowest BCUT2D eigenvalue weighted by molar-refractivity contribution is -0.137. The number of aromatic nitrogens is 2. The van der Waals surface area contributed by atoms with Crippen LogP contribution in [0.15, 0.2) is 48.7 Å². The van der Waals surface area contributed by atoms with E-state index in [1.165, 1.54) is 0 Å². The molecule has 0 spiro atoms. The minimum atomic E-state index is -0.634. The average Bonchev–Trinajstić information content (AvgIpc) is 3.44. The largest absolute Gasteiger partial charge is 0.333 e. The fourth-order valence-electron chi connectivity index (χ4n) is 5.48. The second kappa shape index (κ2) is 8.99. The van der Waals surface area contributed by atoms with Crippen molar-refractivity contribution in [3.8, 4) is 22.6 Å². The van der Waals surface area contributed by atoms with Crippen LogP contribution in [0, 0.1) is 0 Å². The van der Waals surface area contributed by atoms with Crippen LogP contribution in [0.3, 0.4) is 0 Å². The molecule has 4 amide bonds. The van der Waals surface area contributed by atoms with Crippen molar-refractivity contribution in [3.63, 3.8) is 0 Å². The van der Waals surface area contributed by atoms with E-state index in [1.54, 1.807) is 11.0 Å². The maximum Gasteiger partial charge on any atom is 0.255 e. The van der Waals surface area contributed by atoms with Crippen LogP contribution in [-0.2, 0) is 28.0 Å². The predicted octanol–water partition coefficient (Wildman–Crippen LogP) is 3.03. The maximum atomic E-state index is 13.0. The Hall–Kier alpha value is -4.27. The predicted molar refractivity (Wildman–Crippen MR) is 136 cm³/mol. The fourth-order valence-corrected chi connectivity index (χ4v) is 5.48. The normalized spacial score (nSPS) is 19.9. The number of carbonyl (C=O) groups is 4. The molecule has 1 atom stereocenters. The Balaban J connectivity index is 1.23.